The molecule has 0 saturated carbocycles. The van der Waals surface area contributed by atoms with Crippen LogP contribution in [0.15, 0.2) is 16.6 Å². The van der Waals surface area contributed by atoms with Gasteiger partial charge in [0.05, 0.1) is 18.2 Å². The second-order valence-electron chi connectivity index (χ2n) is 2.88. The van der Waals surface area contributed by atoms with Crippen molar-refractivity contribution in [2.24, 2.45) is 0 Å². The van der Waals surface area contributed by atoms with Gasteiger partial charge in [-0.15, -0.1) is 0 Å². The molecule has 0 aromatic heterocycles. The van der Waals surface area contributed by atoms with Gasteiger partial charge in [0.25, 0.3) is 0 Å². The van der Waals surface area contributed by atoms with Crippen LogP contribution in [0.4, 0.5) is 0 Å². The standard InChI is InChI=1S/C11H15BrO2/c1-4-8-6-11(14-5-2)9(12)7-10(8)13-3/h6-7H,4-5H2,1-3H3. The van der Waals surface area contributed by atoms with Crippen molar-refractivity contribution in [3.8, 4) is 11.5 Å². The van der Waals surface area contributed by atoms with Gasteiger partial charge in [-0.05, 0) is 47.0 Å². The maximum Gasteiger partial charge on any atom is 0.133 e. The fourth-order valence-corrected chi connectivity index (χ4v) is 1.75. The van der Waals surface area contributed by atoms with E-state index in [0.717, 1.165) is 22.4 Å². The molecule has 1 aromatic rings. The molecule has 1 aromatic carbocycles. The van der Waals surface area contributed by atoms with Gasteiger partial charge in [0.15, 0.2) is 0 Å². The molecule has 1 rings (SSSR count). The SMILES string of the molecule is CCOc1cc(CC)c(OC)cc1Br. The normalized spacial score (nSPS) is 10.0. The molecular weight excluding hydrogens is 244 g/mol. The number of hydrogen-bond acceptors (Lipinski definition) is 2. The number of ether oxygens (including phenoxy) is 2. The number of methoxy groups -OCH3 is 1. The van der Waals surface area contributed by atoms with Crippen LogP contribution < -0.4 is 9.47 Å². The molecule has 0 aliphatic heterocycles. The maximum atomic E-state index is 5.48. The van der Waals surface area contributed by atoms with Crippen molar-refractivity contribution in [3.63, 3.8) is 0 Å². The number of aryl methyl sites for hydroxylation is 1. The van der Waals surface area contributed by atoms with Crippen molar-refractivity contribution in [1.29, 1.82) is 0 Å². The molecule has 0 heterocycles. The van der Waals surface area contributed by atoms with Crippen LogP contribution in [0.1, 0.15) is 19.4 Å². The fraction of sp³-hybridized carbons (Fsp3) is 0.455. The summed E-state index contributed by atoms with van der Waals surface area (Å²) < 4.78 is 11.7. The van der Waals surface area contributed by atoms with Gasteiger partial charge in [-0.1, -0.05) is 6.92 Å². The Morgan fingerprint density at radius 2 is 1.93 bits per heavy atom. The summed E-state index contributed by atoms with van der Waals surface area (Å²) in [4.78, 5) is 0. The molecule has 0 spiro atoms. The van der Waals surface area contributed by atoms with E-state index in [2.05, 4.69) is 22.9 Å². The molecule has 0 radical (unpaired) electrons. The second kappa shape index (κ2) is 5.25. The zero-order valence-corrected chi connectivity index (χ0v) is 10.3. The third kappa shape index (κ3) is 2.41. The number of halogens is 1. The Bertz CT molecular complexity index is 310. The van der Waals surface area contributed by atoms with E-state index in [1.54, 1.807) is 7.11 Å². The molecule has 2 nitrogen and oxygen atoms in total. The molecule has 3 heteroatoms. The van der Waals surface area contributed by atoms with E-state index in [4.69, 9.17) is 9.47 Å². The van der Waals surface area contributed by atoms with Gasteiger partial charge in [0, 0.05) is 0 Å². The molecule has 0 aliphatic carbocycles. The molecule has 0 bridgehead atoms. The summed E-state index contributed by atoms with van der Waals surface area (Å²) >= 11 is 3.45. The molecule has 0 fully saturated rings. The van der Waals surface area contributed by atoms with Crippen LogP contribution in [0, 0.1) is 0 Å². The highest BCUT2D eigenvalue weighted by Crippen LogP contribution is 2.33. The first-order valence-electron chi connectivity index (χ1n) is 4.72. The molecule has 78 valence electrons. The van der Waals surface area contributed by atoms with Gasteiger partial charge < -0.3 is 9.47 Å². The average molecular weight is 259 g/mol. The van der Waals surface area contributed by atoms with Gasteiger partial charge in [-0.25, -0.2) is 0 Å². The van der Waals surface area contributed by atoms with Crippen LogP contribution in [0.3, 0.4) is 0 Å². The number of benzene rings is 1. The minimum absolute atomic E-state index is 0.675. The van der Waals surface area contributed by atoms with E-state index in [1.807, 2.05) is 19.1 Å². The van der Waals surface area contributed by atoms with E-state index < -0.39 is 0 Å². The highest BCUT2D eigenvalue weighted by molar-refractivity contribution is 9.10. The first-order valence-corrected chi connectivity index (χ1v) is 5.51. The smallest absolute Gasteiger partial charge is 0.133 e. The van der Waals surface area contributed by atoms with Crippen LogP contribution in [-0.2, 0) is 6.42 Å². The molecule has 0 saturated heterocycles. The quantitative estimate of drug-likeness (QED) is 0.824. The predicted octanol–water partition coefficient (Wildman–Crippen LogP) is 3.42. The van der Waals surface area contributed by atoms with Crippen LogP contribution in [-0.4, -0.2) is 13.7 Å². The minimum Gasteiger partial charge on any atom is -0.496 e. The summed E-state index contributed by atoms with van der Waals surface area (Å²) in [6.45, 7) is 4.75. The van der Waals surface area contributed by atoms with Gasteiger partial charge >= 0.3 is 0 Å². The summed E-state index contributed by atoms with van der Waals surface area (Å²) in [5.74, 6) is 1.79. The summed E-state index contributed by atoms with van der Waals surface area (Å²) in [5, 5.41) is 0. The Labute approximate surface area is 93.4 Å². The van der Waals surface area contributed by atoms with Crippen LogP contribution in [0.5, 0.6) is 11.5 Å². The molecule has 14 heavy (non-hydrogen) atoms. The zero-order chi connectivity index (χ0) is 10.6. The lowest BCUT2D eigenvalue weighted by atomic mass is 10.1. The van der Waals surface area contributed by atoms with Crippen molar-refractivity contribution < 1.29 is 9.47 Å². The highest BCUT2D eigenvalue weighted by atomic mass is 79.9. The molecule has 0 unspecified atom stereocenters. The first-order chi connectivity index (χ1) is 6.72. The zero-order valence-electron chi connectivity index (χ0n) is 8.76. The Hall–Kier alpha value is -0.700. The highest BCUT2D eigenvalue weighted by Gasteiger charge is 2.07. The van der Waals surface area contributed by atoms with Crippen LogP contribution in [0.25, 0.3) is 0 Å². The third-order valence-electron chi connectivity index (χ3n) is 2.02. The molecule has 0 atom stereocenters. The number of hydrogen-bond donors (Lipinski definition) is 0. The molecular formula is C11H15BrO2. The van der Waals surface area contributed by atoms with Gasteiger partial charge in [0.1, 0.15) is 11.5 Å². The van der Waals surface area contributed by atoms with Gasteiger partial charge in [0.2, 0.25) is 0 Å². The Morgan fingerprint density at radius 1 is 1.21 bits per heavy atom. The Kier molecular flexibility index (Phi) is 4.26. The second-order valence-corrected chi connectivity index (χ2v) is 3.74. The lowest BCUT2D eigenvalue weighted by molar-refractivity contribution is 0.336. The Balaban J connectivity index is 3.09. The van der Waals surface area contributed by atoms with Crippen molar-refractivity contribution in [2.75, 3.05) is 13.7 Å². The summed E-state index contributed by atoms with van der Waals surface area (Å²) in [6.07, 6.45) is 0.941. The van der Waals surface area contributed by atoms with Crippen molar-refractivity contribution in [3.05, 3.63) is 22.2 Å². The minimum atomic E-state index is 0.675. The van der Waals surface area contributed by atoms with E-state index in [9.17, 15) is 0 Å². The van der Waals surface area contributed by atoms with Crippen molar-refractivity contribution >= 4 is 15.9 Å². The Morgan fingerprint density at radius 3 is 2.43 bits per heavy atom. The van der Waals surface area contributed by atoms with E-state index in [0.29, 0.717) is 6.61 Å². The summed E-state index contributed by atoms with van der Waals surface area (Å²) in [5.41, 5.74) is 1.17. The van der Waals surface area contributed by atoms with E-state index >= 15 is 0 Å². The van der Waals surface area contributed by atoms with Gasteiger partial charge in [-0.3, -0.25) is 0 Å². The van der Waals surface area contributed by atoms with Gasteiger partial charge in [-0.2, -0.15) is 0 Å². The van der Waals surface area contributed by atoms with Crippen molar-refractivity contribution in [1.82, 2.24) is 0 Å². The molecule has 0 N–H and O–H groups in total. The summed E-state index contributed by atoms with van der Waals surface area (Å²) in [7, 11) is 1.68. The summed E-state index contributed by atoms with van der Waals surface area (Å²) in [6, 6.07) is 3.97. The van der Waals surface area contributed by atoms with E-state index in [-0.39, 0.29) is 0 Å². The monoisotopic (exact) mass is 258 g/mol. The largest absolute Gasteiger partial charge is 0.496 e. The lowest BCUT2D eigenvalue weighted by Gasteiger charge is -2.11. The predicted molar refractivity (Wildman–Crippen MR) is 61.2 cm³/mol. The first kappa shape index (κ1) is 11.4. The third-order valence-corrected chi connectivity index (χ3v) is 2.64. The number of rotatable bonds is 4. The van der Waals surface area contributed by atoms with E-state index in [1.165, 1.54) is 5.56 Å². The van der Waals surface area contributed by atoms with Crippen LogP contribution >= 0.6 is 15.9 Å². The molecule has 0 aliphatic rings. The maximum absolute atomic E-state index is 5.48. The average Bonchev–Trinajstić information content (AvgIpc) is 2.20. The fourth-order valence-electron chi connectivity index (χ4n) is 1.31. The molecule has 0 amide bonds. The van der Waals surface area contributed by atoms with Crippen LogP contribution in [0.2, 0.25) is 0 Å². The van der Waals surface area contributed by atoms with Crippen molar-refractivity contribution in [2.45, 2.75) is 20.3 Å². The topological polar surface area (TPSA) is 18.5 Å². The lowest BCUT2D eigenvalue weighted by Crippen LogP contribution is -1.96.